The number of fused-ring (bicyclic) bond motifs is 1. The number of nitrogens with zero attached hydrogens (tertiary/aromatic N) is 6. The molecule has 3 rings (SSSR count). The van der Waals surface area contributed by atoms with Gasteiger partial charge in [0.2, 0.25) is 0 Å². The van der Waals surface area contributed by atoms with Gasteiger partial charge in [0.15, 0.2) is 0 Å². The van der Waals surface area contributed by atoms with Crippen molar-refractivity contribution in [2.75, 3.05) is 25.0 Å². The van der Waals surface area contributed by atoms with Crippen molar-refractivity contribution in [1.29, 1.82) is 5.26 Å². The molecule has 2 aromatic heterocycles. The second-order valence-corrected chi connectivity index (χ2v) is 5.11. The van der Waals surface area contributed by atoms with Crippen LogP contribution in [0.25, 0.3) is 5.78 Å². The summed E-state index contributed by atoms with van der Waals surface area (Å²) in [5, 5.41) is 16.4. The zero-order valence-corrected chi connectivity index (χ0v) is 11.5. The predicted molar refractivity (Wildman–Crippen MR) is 74.2 cm³/mol. The van der Waals surface area contributed by atoms with Gasteiger partial charge in [0.1, 0.15) is 12.1 Å². The summed E-state index contributed by atoms with van der Waals surface area (Å²) in [6, 6.07) is 4.60. The Labute approximate surface area is 117 Å². The minimum Gasteiger partial charge on any atom is -0.367 e. The molecule has 1 aliphatic rings. The smallest absolute Gasteiger partial charge is 0.254 e. The quantitative estimate of drug-likeness (QED) is 0.833. The molecule has 3 heterocycles. The Morgan fingerprint density at radius 3 is 3.00 bits per heavy atom. The van der Waals surface area contributed by atoms with E-state index in [-0.39, 0.29) is 0 Å². The molecule has 1 aliphatic heterocycles. The fourth-order valence-electron chi connectivity index (χ4n) is 2.58. The lowest BCUT2D eigenvalue weighted by atomic mass is 10.1. The summed E-state index contributed by atoms with van der Waals surface area (Å²) < 4.78 is 1.73. The molecule has 0 atom stereocenters. The van der Waals surface area contributed by atoms with E-state index in [1.807, 2.05) is 13.0 Å². The van der Waals surface area contributed by atoms with Crippen LogP contribution in [0, 0.1) is 18.3 Å². The molecule has 7 heteroatoms. The van der Waals surface area contributed by atoms with Gasteiger partial charge in [-0.15, -0.1) is 0 Å². The topological polar surface area (TPSA) is 82.1 Å². The first kappa shape index (κ1) is 12.8. The summed E-state index contributed by atoms with van der Waals surface area (Å²) in [7, 11) is 0. The van der Waals surface area contributed by atoms with Crippen LogP contribution in [-0.4, -0.2) is 50.2 Å². The summed E-state index contributed by atoms with van der Waals surface area (Å²) in [6.45, 7) is 4.38. The number of hydrogen-bond acceptors (Lipinski definition) is 6. The molecule has 7 nitrogen and oxygen atoms in total. The zero-order chi connectivity index (χ0) is 13.9. The fourth-order valence-corrected chi connectivity index (χ4v) is 2.58. The van der Waals surface area contributed by atoms with Gasteiger partial charge in [-0.3, -0.25) is 4.90 Å². The Morgan fingerprint density at radius 1 is 1.45 bits per heavy atom. The maximum Gasteiger partial charge on any atom is 0.254 e. The van der Waals surface area contributed by atoms with Gasteiger partial charge in [-0.25, -0.2) is 4.98 Å². The van der Waals surface area contributed by atoms with Crippen molar-refractivity contribution >= 4 is 11.6 Å². The molecule has 0 bridgehead atoms. The van der Waals surface area contributed by atoms with Crippen LogP contribution in [0.2, 0.25) is 0 Å². The molecule has 0 unspecified atom stereocenters. The Morgan fingerprint density at radius 2 is 2.25 bits per heavy atom. The minimum atomic E-state index is 0.402. The summed E-state index contributed by atoms with van der Waals surface area (Å²) in [4.78, 5) is 10.6. The molecular formula is C13H17N7. The molecule has 104 valence electrons. The van der Waals surface area contributed by atoms with Crippen molar-refractivity contribution in [2.24, 2.45) is 0 Å². The number of rotatable bonds is 3. The number of nitriles is 1. The van der Waals surface area contributed by atoms with Crippen molar-refractivity contribution in [3.63, 3.8) is 0 Å². The molecule has 1 fully saturated rings. The van der Waals surface area contributed by atoms with E-state index in [4.69, 9.17) is 5.26 Å². The van der Waals surface area contributed by atoms with Crippen LogP contribution in [0.1, 0.15) is 18.5 Å². The largest absolute Gasteiger partial charge is 0.367 e. The highest BCUT2D eigenvalue weighted by molar-refractivity contribution is 5.45. The number of hydrogen-bond donors (Lipinski definition) is 1. The summed E-state index contributed by atoms with van der Waals surface area (Å²) in [5.41, 5.74) is 0.926. The number of aryl methyl sites for hydroxylation is 1. The summed E-state index contributed by atoms with van der Waals surface area (Å²) >= 11 is 0. The number of piperidine rings is 1. The third kappa shape index (κ3) is 2.56. The summed E-state index contributed by atoms with van der Waals surface area (Å²) in [6.07, 6.45) is 3.57. The second kappa shape index (κ2) is 5.43. The van der Waals surface area contributed by atoms with Crippen LogP contribution in [-0.2, 0) is 0 Å². The van der Waals surface area contributed by atoms with E-state index in [1.54, 1.807) is 4.52 Å². The Hall–Kier alpha value is -2.20. The van der Waals surface area contributed by atoms with E-state index in [1.165, 1.54) is 6.33 Å². The molecule has 0 aliphatic carbocycles. The number of aromatic nitrogens is 4. The predicted octanol–water partition coefficient (Wildman–Crippen LogP) is 0.833. The minimum absolute atomic E-state index is 0.402. The van der Waals surface area contributed by atoms with Gasteiger partial charge in [-0.2, -0.15) is 19.9 Å². The lowest BCUT2D eigenvalue weighted by molar-refractivity contribution is 0.242. The van der Waals surface area contributed by atoms with Gasteiger partial charge in [0, 0.05) is 30.9 Å². The highest BCUT2D eigenvalue weighted by atomic mass is 15.4. The van der Waals surface area contributed by atoms with E-state index >= 15 is 0 Å². The standard InChI is InChI=1S/C13H17N7/c1-10-8-12(20-13(17-10)15-9-16-20)18-11-2-5-19(6-3-11)7-4-14/h8-9,11,18H,2-3,5-7H2,1H3. The molecule has 1 saturated heterocycles. The molecule has 0 spiro atoms. The molecule has 1 N–H and O–H groups in total. The first-order valence-corrected chi connectivity index (χ1v) is 6.79. The van der Waals surface area contributed by atoms with Crippen LogP contribution >= 0.6 is 0 Å². The molecule has 0 radical (unpaired) electrons. The Balaban J connectivity index is 1.71. The number of likely N-dealkylation sites (tertiary alicyclic amines) is 1. The number of anilines is 1. The lowest BCUT2D eigenvalue weighted by Crippen LogP contribution is -2.39. The SMILES string of the molecule is Cc1cc(NC2CCN(CC#N)CC2)n2ncnc2n1. The monoisotopic (exact) mass is 271 g/mol. The van der Waals surface area contributed by atoms with Crippen molar-refractivity contribution in [3.8, 4) is 6.07 Å². The van der Waals surface area contributed by atoms with Crippen LogP contribution in [0.4, 0.5) is 5.82 Å². The Bertz CT molecular complexity index is 634. The molecular weight excluding hydrogens is 254 g/mol. The van der Waals surface area contributed by atoms with Crippen molar-refractivity contribution < 1.29 is 0 Å². The fraction of sp³-hybridized carbons (Fsp3) is 0.538. The summed E-state index contributed by atoms with van der Waals surface area (Å²) in [5.74, 6) is 1.55. The van der Waals surface area contributed by atoms with E-state index in [2.05, 4.69) is 31.4 Å². The van der Waals surface area contributed by atoms with Crippen molar-refractivity contribution in [2.45, 2.75) is 25.8 Å². The normalized spacial score (nSPS) is 17.2. The van der Waals surface area contributed by atoms with Crippen LogP contribution in [0.15, 0.2) is 12.4 Å². The van der Waals surface area contributed by atoms with Gasteiger partial charge in [0.05, 0.1) is 12.6 Å². The van der Waals surface area contributed by atoms with Gasteiger partial charge < -0.3 is 5.32 Å². The van der Waals surface area contributed by atoms with E-state index in [0.717, 1.165) is 37.4 Å². The third-order valence-corrected chi connectivity index (χ3v) is 3.61. The highest BCUT2D eigenvalue weighted by Gasteiger charge is 2.19. The first-order valence-electron chi connectivity index (χ1n) is 6.79. The van der Waals surface area contributed by atoms with E-state index in [0.29, 0.717) is 18.4 Å². The van der Waals surface area contributed by atoms with Crippen LogP contribution in [0.3, 0.4) is 0 Å². The van der Waals surface area contributed by atoms with Gasteiger partial charge >= 0.3 is 0 Å². The molecule has 20 heavy (non-hydrogen) atoms. The molecule has 0 saturated carbocycles. The number of nitrogens with one attached hydrogen (secondary N) is 1. The van der Waals surface area contributed by atoms with Crippen LogP contribution in [0.5, 0.6) is 0 Å². The van der Waals surface area contributed by atoms with Gasteiger partial charge in [-0.05, 0) is 19.8 Å². The highest BCUT2D eigenvalue weighted by Crippen LogP contribution is 2.17. The molecule has 0 amide bonds. The third-order valence-electron chi connectivity index (χ3n) is 3.61. The molecule has 0 aromatic carbocycles. The van der Waals surface area contributed by atoms with E-state index in [9.17, 15) is 0 Å². The van der Waals surface area contributed by atoms with Gasteiger partial charge in [-0.1, -0.05) is 0 Å². The molecule has 2 aromatic rings. The average Bonchev–Trinajstić information content (AvgIpc) is 2.89. The van der Waals surface area contributed by atoms with E-state index < -0.39 is 0 Å². The van der Waals surface area contributed by atoms with Crippen molar-refractivity contribution in [3.05, 3.63) is 18.1 Å². The first-order chi connectivity index (χ1) is 9.76. The second-order valence-electron chi connectivity index (χ2n) is 5.11. The lowest BCUT2D eigenvalue weighted by Gasteiger charge is -2.31. The van der Waals surface area contributed by atoms with Crippen LogP contribution < -0.4 is 5.32 Å². The maximum atomic E-state index is 8.71. The average molecular weight is 271 g/mol. The van der Waals surface area contributed by atoms with Crippen molar-refractivity contribution in [1.82, 2.24) is 24.5 Å². The zero-order valence-electron chi connectivity index (χ0n) is 11.5. The Kier molecular flexibility index (Phi) is 3.48. The van der Waals surface area contributed by atoms with Gasteiger partial charge in [0.25, 0.3) is 5.78 Å². The maximum absolute atomic E-state index is 8.71.